The van der Waals surface area contributed by atoms with Crippen molar-refractivity contribution in [3.8, 4) is 22.6 Å². The molecule has 0 aliphatic carbocycles. The maximum absolute atomic E-state index is 11.0. The third kappa shape index (κ3) is 3.09. The molecule has 0 spiro atoms. The highest BCUT2D eigenvalue weighted by molar-refractivity contribution is 7.08. The molecule has 1 unspecified atom stereocenters. The number of benzene rings is 1. The van der Waals surface area contributed by atoms with Crippen LogP contribution in [0.2, 0.25) is 5.02 Å². The molecule has 1 N–H and O–H groups in total. The molecule has 0 saturated heterocycles. The summed E-state index contributed by atoms with van der Waals surface area (Å²) < 4.78 is 5.61. The van der Waals surface area contributed by atoms with Gasteiger partial charge in [0.1, 0.15) is 11.8 Å². The van der Waals surface area contributed by atoms with E-state index in [1.165, 1.54) is 0 Å². The first-order chi connectivity index (χ1) is 12.2. The Morgan fingerprint density at radius 1 is 1.08 bits per heavy atom. The smallest absolute Gasteiger partial charge is 0.174 e. The molecule has 4 aromatic rings. The van der Waals surface area contributed by atoms with Crippen molar-refractivity contribution in [3.05, 3.63) is 81.8 Å². The van der Waals surface area contributed by atoms with Crippen molar-refractivity contribution in [3.63, 3.8) is 0 Å². The van der Waals surface area contributed by atoms with Crippen LogP contribution in [-0.4, -0.2) is 15.2 Å². The molecule has 0 amide bonds. The molecule has 0 saturated carbocycles. The fraction of sp³-hybridized carbons (Fsp3) is 0.0526. The minimum atomic E-state index is -0.902. The number of hydrogen-bond donors (Lipinski definition) is 1. The number of halogens is 1. The van der Waals surface area contributed by atoms with Gasteiger partial charge in [-0.15, -0.1) is 0 Å². The fourth-order valence-electron chi connectivity index (χ4n) is 2.67. The summed E-state index contributed by atoms with van der Waals surface area (Å²) in [6.07, 6.45) is 2.41. The van der Waals surface area contributed by atoms with Crippen molar-refractivity contribution in [1.82, 2.24) is 10.1 Å². The van der Waals surface area contributed by atoms with Crippen LogP contribution in [-0.2, 0) is 0 Å². The highest BCUT2D eigenvalue weighted by Gasteiger charge is 2.26. The summed E-state index contributed by atoms with van der Waals surface area (Å²) in [5, 5.41) is 19.8. The lowest BCUT2D eigenvalue weighted by molar-refractivity contribution is 0.220. The molecule has 0 radical (unpaired) electrons. The molecule has 4 nitrogen and oxygen atoms in total. The molecule has 0 aliphatic heterocycles. The van der Waals surface area contributed by atoms with Gasteiger partial charge in [0.25, 0.3) is 0 Å². The van der Waals surface area contributed by atoms with E-state index < -0.39 is 6.10 Å². The monoisotopic (exact) mass is 368 g/mol. The Bertz CT molecular complexity index is 967. The third-order valence-electron chi connectivity index (χ3n) is 3.90. The summed E-state index contributed by atoms with van der Waals surface area (Å²) in [7, 11) is 0. The SMILES string of the molecule is OC(c1cccnc1)c1c(-c2ccc(Cl)cc2)noc1-c1ccsc1. The van der Waals surface area contributed by atoms with Gasteiger partial charge in [-0.1, -0.05) is 35.0 Å². The molecule has 1 aromatic carbocycles. The number of aliphatic hydroxyl groups is 1. The first kappa shape index (κ1) is 16.0. The first-order valence-electron chi connectivity index (χ1n) is 7.60. The number of aliphatic hydroxyl groups excluding tert-OH is 1. The summed E-state index contributed by atoms with van der Waals surface area (Å²) >= 11 is 7.54. The second-order valence-electron chi connectivity index (χ2n) is 5.48. The van der Waals surface area contributed by atoms with Crippen LogP contribution in [0.15, 0.2) is 70.1 Å². The zero-order valence-electron chi connectivity index (χ0n) is 13.0. The first-order valence-corrected chi connectivity index (χ1v) is 8.92. The zero-order chi connectivity index (χ0) is 17.2. The lowest BCUT2D eigenvalue weighted by Crippen LogP contribution is -2.02. The van der Waals surface area contributed by atoms with E-state index in [1.54, 1.807) is 41.9 Å². The number of rotatable bonds is 4. The van der Waals surface area contributed by atoms with Gasteiger partial charge in [0, 0.05) is 39.5 Å². The summed E-state index contributed by atoms with van der Waals surface area (Å²) in [4.78, 5) is 4.10. The summed E-state index contributed by atoms with van der Waals surface area (Å²) in [6, 6.07) is 12.8. The van der Waals surface area contributed by atoms with Gasteiger partial charge in [0.15, 0.2) is 5.76 Å². The van der Waals surface area contributed by atoms with E-state index in [2.05, 4.69) is 10.1 Å². The van der Waals surface area contributed by atoms with Crippen molar-refractivity contribution < 1.29 is 9.63 Å². The summed E-state index contributed by atoms with van der Waals surface area (Å²) in [5.74, 6) is 0.558. The van der Waals surface area contributed by atoms with E-state index >= 15 is 0 Å². The lowest BCUT2D eigenvalue weighted by atomic mass is 9.96. The molecule has 0 fully saturated rings. The number of pyridine rings is 1. The standard InChI is InChI=1S/C19H13ClN2O2S/c20-15-5-3-12(4-6-15)17-16(18(23)13-2-1-8-21-10-13)19(24-22-17)14-7-9-25-11-14/h1-11,18,23H. The summed E-state index contributed by atoms with van der Waals surface area (Å²) in [5.41, 5.74) is 3.60. The van der Waals surface area contributed by atoms with Gasteiger partial charge in [0.05, 0.1) is 5.56 Å². The molecule has 4 rings (SSSR count). The minimum Gasteiger partial charge on any atom is -0.383 e. The van der Waals surface area contributed by atoms with Crippen LogP contribution in [0.3, 0.4) is 0 Å². The fourth-order valence-corrected chi connectivity index (χ4v) is 3.44. The van der Waals surface area contributed by atoms with Gasteiger partial charge in [-0.3, -0.25) is 4.98 Å². The third-order valence-corrected chi connectivity index (χ3v) is 4.84. The van der Waals surface area contributed by atoms with Gasteiger partial charge in [-0.25, -0.2) is 0 Å². The Hall–Kier alpha value is -2.47. The largest absolute Gasteiger partial charge is 0.383 e. The predicted octanol–water partition coefficient (Wildman–Crippen LogP) is 5.20. The van der Waals surface area contributed by atoms with E-state index in [-0.39, 0.29) is 0 Å². The topological polar surface area (TPSA) is 59.2 Å². The molecule has 0 bridgehead atoms. The Labute approximate surface area is 153 Å². The molecule has 3 heterocycles. The maximum Gasteiger partial charge on any atom is 0.174 e. The molecule has 6 heteroatoms. The Kier molecular flexibility index (Phi) is 4.36. The van der Waals surface area contributed by atoms with Gasteiger partial charge >= 0.3 is 0 Å². The quantitative estimate of drug-likeness (QED) is 0.537. The number of thiophene rings is 1. The van der Waals surface area contributed by atoms with Crippen LogP contribution in [0.25, 0.3) is 22.6 Å². The Morgan fingerprint density at radius 3 is 2.60 bits per heavy atom. The predicted molar refractivity (Wildman–Crippen MR) is 98.6 cm³/mol. The zero-order valence-corrected chi connectivity index (χ0v) is 14.5. The van der Waals surface area contributed by atoms with Crippen molar-refractivity contribution in [1.29, 1.82) is 0 Å². The highest BCUT2D eigenvalue weighted by atomic mass is 35.5. The van der Waals surface area contributed by atoms with E-state index in [4.69, 9.17) is 16.1 Å². The lowest BCUT2D eigenvalue weighted by Gasteiger charge is -2.12. The molecular weight excluding hydrogens is 356 g/mol. The van der Waals surface area contributed by atoms with Crippen LogP contribution >= 0.6 is 22.9 Å². The van der Waals surface area contributed by atoms with Crippen LogP contribution in [0.4, 0.5) is 0 Å². The van der Waals surface area contributed by atoms with Crippen molar-refractivity contribution >= 4 is 22.9 Å². The van der Waals surface area contributed by atoms with Gasteiger partial charge in [-0.05, 0) is 29.6 Å². The molecule has 3 aromatic heterocycles. The van der Waals surface area contributed by atoms with Gasteiger partial charge in [-0.2, -0.15) is 11.3 Å². The maximum atomic E-state index is 11.0. The average Bonchev–Trinajstić information content (AvgIpc) is 3.32. The van der Waals surface area contributed by atoms with Crippen LogP contribution < -0.4 is 0 Å². The van der Waals surface area contributed by atoms with Crippen LogP contribution in [0.5, 0.6) is 0 Å². The molecule has 1 atom stereocenters. The van der Waals surface area contributed by atoms with Gasteiger partial charge < -0.3 is 9.63 Å². The Morgan fingerprint density at radius 2 is 1.92 bits per heavy atom. The van der Waals surface area contributed by atoms with Crippen molar-refractivity contribution in [2.24, 2.45) is 0 Å². The second kappa shape index (κ2) is 6.80. The Balaban J connectivity index is 1.89. The number of nitrogens with zero attached hydrogens (tertiary/aromatic N) is 2. The molecule has 0 aliphatic rings. The van der Waals surface area contributed by atoms with E-state index in [0.29, 0.717) is 27.6 Å². The molecular formula is C19H13ClN2O2S. The normalized spacial score (nSPS) is 12.2. The van der Waals surface area contributed by atoms with Gasteiger partial charge in [0.2, 0.25) is 0 Å². The van der Waals surface area contributed by atoms with E-state index in [1.807, 2.05) is 35.0 Å². The van der Waals surface area contributed by atoms with Crippen LogP contribution in [0.1, 0.15) is 17.2 Å². The highest BCUT2D eigenvalue weighted by Crippen LogP contribution is 2.39. The molecule has 25 heavy (non-hydrogen) atoms. The second-order valence-corrected chi connectivity index (χ2v) is 6.70. The van der Waals surface area contributed by atoms with Crippen molar-refractivity contribution in [2.45, 2.75) is 6.10 Å². The van der Waals surface area contributed by atoms with Crippen LogP contribution in [0, 0.1) is 0 Å². The van der Waals surface area contributed by atoms with E-state index in [0.717, 1.165) is 11.1 Å². The molecule has 124 valence electrons. The minimum absolute atomic E-state index is 0.558. The van der Waals surface area contributed by atoms with Crippen molar-refractivity contribution in [2.75, 3.05) is 0 Å². The van der Waals surface area contributed by atoms with E-state index in [9.17, 15) is 5.11 Å². The summed E-state index contributed by atoms with van der Waals surface area (Å²) in [6.45, 7) is 0. The average molecular weight is 369 g/mol. The number of hydrogen-bond acceptors (Lipinski definition) is 5. The number of aromatic nitrogens is 2.